The van der Waals surface area contributed by atoms with Gasteiger partial charge in [0, 0.05) is 10.6 Å². The van der Waals surface area contributed by atoms with Gasteiger partial charge >= 0.3 is 0 Å². The number of ether oxygens (including phenoxy) is 1. The molecule has 0 aromatic heterocycles. The number of aliphatic hydroxyl groups is 1. The van der Waals surface area contributed by atoms with Gasteiger partial charge in [0.1, 0.15) is 31.5 Å². The van der Waals surface area contributed by atoms with E-state index in [0.29, 0.717) is 26.8 Å². The minimum atomic E-state index is -0.583. The molecule has 1 N–H and O–H groups in total. The summed E-state index contributed by atoms with van der Waals surface area (Å²) in [6.45, 7) is 1.62. The molecule has 0 heterocycles. The maximum Gasteiger partial charge on any atom is 0.138 e. The quantitative estimate of drug-likeness (QED) is 0.761. The van der Waals surface area contributed by atoms with E-state index in [1.54, 1.807) is 18.2 Å². The molecule has 0 spiro atoms. The zero-order valence-corrected chi connectivity index (χ0v) is 14.9. The molecular formula is C18H22Cl2NO2+. The maximum absolute atomic E-state index is 10.3. The van der Waals surface area contributed by atoms with Crippen molar-refractivity contribution in [1.82, 2.24) is 0 Å². The molecule has 2 rings (SSSR count). The highest BCUT2D eigenvalue weighted by Gasteiger charge is 2.21. The highest BCUT2D eigenvalue weighted by molar-refractivity contribution is 6.35. The number of rotatable bonds is 7. The molecule has 0 aliphatic carbocycles. The third-order valence-corrected chi connectivity index (χ3v) is 4.01. The van der Waals surface area contributed by atoms with Crippen LogP contribution in [0.1, 0.15) is 5.56 Å². The second-order valence-electron chi connectivity index (χ2n) is 6.30. The Morgan fingerprint density at radius 3 is 2.43 bits per heavy atom. The molecule has 0 unspecified atom stereocenters. The molecule has 2 aromatic carbocycles. The maximum atomic E-state index is 10.3. The molecule has 0 aliphatic rings. The summed E-state index contributed by atoms with van der Waals surface area (Å²) in [5.74, 6) is 0.531. The lowest BCUT2D eigenvalue weighted by Gasteiger charge is -2.32. The molecular weight excluding hydrogens is 333 g/mol. The fourth-order valence-corrected chi connectivity index (χ4v) is 3.01. The predicted octanol–water partition coefficient (Wildman–Crippen LogP) is 4.01. The fraction of sp³-hybridized carbons (Fsp3) is 0.333. The summed E-state index contributed by atoms with van der Waals surface area (Å²) in [6, 6.07) is 15.3. The molecule has 0 amide bonds. The SMILES string of the molecule is C[N+](C)(Cc1ccccc1)C[C@@H](O)COc1ccc(Cl)cc1Cl. The Kier molecular flexibility index (Phi) is 6.31. The van der Waals surface area contributed by atoms with Crippen molar-refractivity contribution in [3.05, 3.63) is 64.1 Å². The highest BCUT2D eigenvalue weighted by Crippen LogP contribution is 2.27. The van der Waals surface area contributed by atoms with E-state index in [1.165, 1.54) is 5.56 Å². The van der Waals surface area contributed by atoms with Gasteiger partial charge in [-0.05, 0) is 18.2 Å². The molecule has 23 heavy (non-hydrogen) atoms. The van der Waals surface area contributed by atoms with Crippen LogP contribution in [-0.2, 0) is 6.54 Å². The zero-order valence-electron chi connectivity index (χ0n) is 13.4. The first-order valence-corrected chi connectivity index (χ1v) is 8.23. The van der Waals surface area contributed by atoms with Crippen LogP contribution in [-0.4, -0.2) is 42.9 Å². The number of halogens is 2. The second kappa shape index (κ2) is 8.02. The van der Waals surface area contributed by atoms with Crippen molar-refractivity contribution >= 4 is 23.2 Å². The normalized spacial score (nSPS) is 12.9. The average molecular weight is 355 g/mol. The number of quaternary nitrogens is 1. The molecule has 0 saturated carbocycles. The van der Waals surface area contributed by atoms with Crippen LogP contribution in [0.2, 0.25) is 10.0 Å². The summed E-state index contributed by atoms with van der Waals surface area (Å²) in [4.78, 5) is 0. The van der Waals surface area contributed by atoms with Crippen LogP contribution in [0.5, 0.6) is 5.75 Å². The summed E-state index contributed by atoms with van der Waals surface area (Å²) in [5, 5.41) is 11.3. The smallest absolute Gasteiger partial charge is 0.138 e. The van der Waals surface area contributed by atoms with Gasteiger partial charge in [0.05, 0.1) is 19.1 Å². The zero-order chi connectivity index (χ0) is 16.9. The topological polar surface area (TPSA) is 29.5 Å². The lowest BCUT2D eigenvalue weighted by molar-refractivity contribution is -0.906. The Morgan fingerprint density at radius 1 is 1.09 bits per heavy atom. The molecule has 0 fully saturated rings. The van der Waals surface area contributed by atoms with E-state index in [4.69, 9.17) is 27.9 Å². The third-order valence-electron chi connectivity index (χ3n) is 3.48. The van der Waals surface area contributed by atoms with E-state index < -0.39 is 6.10 Å². The lowest BCUT2D eigenvalue weighted by atomic mass is 10.2. The summed E-state index contributed by atoms with van der Waals surface area (Å²) >= 11 is 11.9. The predicted molar refractivity (Wildman–Crippen MR) is 95.1 cm³/mol. The van der Waals surface area contributed by atoms with E-state index in [9.17, 15) is 5.11 Å². The Morgan fingerprint density at radius 2 is 1.78 bits per heavy atom. The monoisotopic (exact) mass is 354 g/mol. The first-order chi connectivity index (χ1) is 10.9. The highest BCUT2D eigenvalue weighted by atomic mass is 35.5. The summed E-state index contributed by atoms with van der Waals surface area (Å²) in [5.41, 5.74) is 1.24. The van der Waals surface area contributed by atoms with Crippen molar-refractivity contribution in [2.24, 2.45) is 0 Å². The lowest BCUT2D eigenvalue weighted by Crippen LogP contribution is -2.46. The Hall–Kier alpha value is -1.26. The molecule has 124 valence electrons. The molecule has 0 saturated heterocycles. The third kappa shape index (κ3) is 6.04. The van der Waals surface area contributed by atoms with Crippen LogP contribution >= 0.6 is 23.2 Å². The van der Waals surface area contributed by atoms with Crippen molar-refractivity contribution in [1.29, 1.82) is 0 Å². The number of hydrogen-bond acceptors (Lipinski definition) is 2. The van der Waals surface area contributed by atoms with E-state index in [1.807, 2.05) is 18.2 Å². The number of nitrogens with zero attached hydrogens (tertiary/aromatic N) is 1. The van der Waals surface area contributed by atoms with Crippen LogP contribution in [0, 0.1) is 0 Å². The number of hydrogen-bond donors (Lipinski definition) is 1. The van der Waals surface area contributed by atoms with Gasteiger partial charge in [-0.1, -0.05) is 53.5 Å². The van der Waals surface area contributed by atoms with Crippen LogP contribution < -0.4 is 4.74 Å². The summed E-state index contributed by atoms with van der Waals surface area (Å²) in [6.07, 6.45) is -0.583. The largest absolute Gasteiger partial charge is 0.489 e. The number of likely N-dealkylation sites (N-methyl/N-ethyl adjacent to an activating group) is 1. The standard InChI is InChI=1S/C18H22Cl2NO2/c1-21(2,11-14-6-4-3-5-7-14)12-16(22)13-23-18-9-8-15(19)10-17(18)20/h3-10,16,22H,11-13H2,1-2H3/q+1/t16-/m1/s1. The Labute approximate surface area is 147 Å². The molecule has 0 aliphatic heterocycles. The van der Waals surface area contributed by atoms with Crippen LogP contribution in [0.15, 0.2) is 48.5 Å². The van der Waals surface area contributed by atoms with Gasteiger partial charge in [-0.2, -0.15) is 0 Å². The van der Waals surface area contributed by atoms with Crippen LogP contribution in [0.3, 0.4) is 0 Å². The van der Waals surface area contributed by atoms with Crippen molar-refractivity contribution in [2.75, 3.05) is 27.2 Å². The van der Waals surface area contributed by atoms with Gasteiger partial charge in [0.2, 0.25) is 0 Å². The van der Waals surface area contributed by atoms with Gasteiger partial charge in [-0.15, -0.1) is 0 Å². The molecule has 0 radical (unpaired) electrons. The molecule has 0 bridgehead atoms. The number of benzene rings is 2. The van der Waals surface area contributed by atoms with Gasteiger partial charge in [-0.3, -0.25) is 0 Å². The van der Waals surface area contributed by atoms with Crippen LogP contribution in [0.25, 0.3) is 0 Å². The van der Waals surface area contributed by atoms with Gasteiger partial charge in [0.25, 0.3) is 0 Å². The fourth-order valence-electron chi connectivity index (χ4n) is 2.54. The minimum absolute atomic E-state index is 0.192. The van der Waals surface area contributed by atoms with Gasteiger partial charge in [-0.25, -0.2) is 0 Å². The second-order valence-corrected chi connectivity index (χ2v) is 7.15. The van der Waals surface area contributed by atoms with Gasteiger partial charge in [0.15, 0.2) is 0 Å². The summed E-state index contributed by atoms with van der Waals surface area (Å²) < 4.78 is 6.27. The van der Waals surface area contributed by atoms with Crippen molar-refractivity contribution < 1.29 is 14.3 Å². The van der Waals surface area contributed by atoms with E-state index in [-0.39, 0.29) is 6.61 Å². The Balaban J connectivity index is 1.87. The first kappa shape index (κ1) is 18.1. The van der Waals surface area contributed by atoms with Crippen molar-refractivity contribution in [3.63, 3.8) is 0 Å². The van der Waals surface area contributed by atoms with Crippen LogP contribution in [0.4, 0.5) is 0 Å². The van der Waals surface area contributed by atoms with E-state index in [0.717, 1.165) is 6.54 Å². The van der Waals surface area contributed by atoms with Gasteiger partial charge < -0.3 is 14.3 Å². The molecule has 2 aromatic rings. The average Bonchev–Trinajstić information content (AvgIpc) is 2.46. The molecule has 5 heteroatoms. The number of aliphatic hydroxyl groups excluding tert-OH is 1. The molecule has 3 nitrogen and oxygen atoms in total. The molecule has 1 atom stereocenters. The minimum Gasteiger partial charge on any atom is -0.489 e. The summed E-state index contributed by atoms with van der Waals surface area (Å²) in [7, 11) is 4.18. The van der Waals surface area contributed by atoms with Crippen molar-refractivity contribution in [3.8, 4) is 5.75 Å². The first-order valence-electron chi connectivity index (χ1n) is 7.47. The van der Waals surface area contributed by atoms with Crippen molar-refractivity contribution in [2.45, 2.75) is 12.6 Å². The Bertz CT molecular complexity index is 632. The van der Waals surface area contributed by atoms with E-state index >= 15 is 0 Å². The van der Waals surface area contributed by atoms with E-state index in [2.05, 4.69) is 26.2 Å².